The number of aromatic amines is 1. The summed E-state index contributed by atoms with van der Waals surface area (Å²) in [5.41, 5.74) is 8.41. The van der Waals surface area contributed by atoms with Gasteiger partial charge in [0.15, 0.2) is 0 Å². The number of likely N-dealkylation sites (tertiary alicyclic amines) is 1. The van der Waals surface area contributed by atoms with E-state index in [9.17, 15) is 4.79 Å². The summed E-state index contributed by atoms with van der Waals surface area (Å²) in [4.78, 5) is 17.8. The number of H-pyrrole nitrogens is 1. The van der Waals surface area contributed by atoms with Crippen molar-refractivity contribution in [3.63, 3.8) is 0 Å². The van der Waals surface area contributed by atoms with Gasteiger partial charge in [-0.2, -0.15) is 0 Å². The number of amides is 1. The van der Waals surface area contributed by atoms with Crippen LogP contribution in [0.3, 0.4) is 0 Å². The number of carbonyl (C=O) groups is 1. The number of fused-ring (bicyclic) bond motifs is 1. The molecule has 2 unspecified atom stereocenters. The molecule has 1 aromatic carbocycles. The zero-order valence-electron chi connectivity index (χ0n) is 12.5. The molecule has 3 N–H and O–H groups in total. The van der Waals surface area contributed by atoms with Gasteiger partial charge in [-0.05, 0) is 37.3 Å². The minimum atomic E-state index is -0.448. The van der Waals surface area contributed by atoms with Crippen LogP contribution in [0.15, 0.2) is 30.5 Å². The van der Waals surface area contributed by atoms with Crippen molar-refractivity contribution < 1.29 is 4.79 Å². The Kier molecular flexibility index (Phi) is 3.97. The van der Waals surface area contributed by atoms with Crippen LogP contribution in [0.2, 0.25) is 0 Å². The van der Waals surface area contributed by atoms with Crippen LogP contribution in [-0.2, 0) is 11.2 Å². The number of nitrogens with zero attached hydrogens (tertiary/aromatic N) is 1. The van der Waals surface area contributed by atoms with E-state index in [1.807, 2.05) is 29.3 Å². The average molecular weight is 285 g/mol. The Morgan fingerprint density at radius 3 is 3.10 bits per heavy atom. The molecular formula is C17H23N3O. The van der Waals surface area contributed by atoms with E-state index in [1.54, 1.807) is 0 Å². The van der Waals surface area contributed by atoms with E-state index < -0.39 is 6.04 Å². The van der Waals surface area contributed by atoms with Crippen LogP contribution in [-0.4, -0.2) is 34.4 Å². The van der Waals surface area contributed by atoms with Gasteiger partial charge < -0.3 is 15.6 Å². The molecule has 4 nitrogen and oxygen atoms in total. The number of hydrogen-bond donors (Lipinski definition) is 2. The Hall–Kier alpha value is -1.81. The molecule has 21 heavy (non-hydrogen) atoms. The van der Waals surface area contributed by atoms with Gasteiger partial charge in [-0.15, -0.1) is 0 Å². The van der Waals surface area contributed by atoms with Crippen LogP contribution in [0.4, 0.5) is 0 Å². The normalized spacial score (nSPS) is 20.1. The molecule has 2 atom stereocenters. The largest absolute Gasteiger partial charge is 0.361 e. The van der Waals surface area contributed by atoms with Gasteiger partial charge in [0, 0.05) is 29.7 Å². The van der Waals surface area contributed by atoms with Gasteiger partial charge in [0.05, 0.1) is 6.04 Å². The van der Waals surface area contributed by atoms with E-state index in [0.29, 0.717) is 12.5 Å². The molecule has 2 aromatic rings. The molecule has 1 fully saturated rings. The van der Waals surface area contributed by atoms with E-state index in [4.69, 9.17) is 5.73 Å². The van der Waals surface area contributed by atoms with Crippen molar-refractivity contribution in [2.75, 3.05) is 6.54 Å². The van der Waals surface area contributed by atoms with Crippen LogP contribution in [0.25, 0.3) is 10.9 Å². The van der Waals surface area contributed by atoms with Crippen LogP contribution in [0.5, 0.6) is 0 Å². The van der Waals surface area contributed by atoms with Gasteiger partial charge in [0.1, 0.15) is 0 Å². The predicted molar refractivity (Wildman–Crippen MR) is 85.0 cm³/mol. The van der Waals surface area contributed by atoms with E-state index in [2.05, 4.69) is 18.0 Å². The molecule has 112 valence electrons. The molecule has 2 heterocycles. The van der Waals surface area contributed by atoms with Crippen LogP contribution >= 0.6 is 0 Å². The predicted octanol–water partition coefficient (Wildman–Crippen LogP) is 2.44. The number of nitrogens with one attached hydrogen (secondary N) is 1. The average Bonchev–Trinajstić information content (AvgIpc) is 3.13. The van der Waals surface area contributed by atoms with Gasteiger partial charge >= 0.3 is 0 Å². The number of aromatic nitrogens is 1. The van der Waals surface area contributed by atoms with Crippen LogP contribution in [0, 0.1) is 0 Å². The quantitative estimate of drug-likeness (QED) is 0.906. The van der Waals surface area contributed by atoms with Crippen molar-refractivity contribution in [2.24, 2.45) is 5.73 Å². The monoisotopic (exact) mass is 285 g/mol. The molecular weight excluding hydrogens is 262 g/mol. The smallest absolute Gasteiger partial charge is 0.240 e. The maximum absolute atomic E-state index is 12.6. The molecule has 0 radical (unpaired) electrons. The highest BCUT2D eigenvalue weighted by Gasteiger charge is 2.30. The fourth-order valence-electron chi connectivity index (χ4n) is 3.39. The lowest BCUT2D eigenvalue weighted by molar-refractivity contribution is -0.133. The number of carbonyl (C=O) groups excluding carboxylic acids is 1. The van der Waals surface area contributed by atoms with E-state index in [-0.39, 0.29) is 5.91 Å². The van der Waals surface area contributed by atoms with Gasteiger partial charge in [-0.3, -0.25) is 4.79 Å². The number of para-hydroxylation sites is 1. The summed E-state index contributed by atoms with van der Waals surface area (Å²) in [6.45, 7) is 3.00. The third-order valence-corrected chi connectivity index (χ3v) is 4.56. The first-order chi connectivity index (χ1) is 10.2. The summed E-state index contributed by atoms with van der Waals surface area (Å²) < 4.78 is 0. The summed E-state index contributed by atoms with van der Waals surface area (Å²) in [5.74, 6) is 0.102. The van der Waals surface area contributed by atoms with Crippen LogP contribution < -0.4 is 5.73 Å². The second-order valence-corrected chi connectivity index (χ2v) is 5.91. The fourth-order valence-corrected chi connectivity index (χ4v) is 3.39. The summed E-state index contributed by atoms with van der Waals surface area (Å²) in [6.07, 6.45) is 5.80. The van der Waals surface area contributed by atoms with Gasteiger partial charge in [0.25, 0.3) is 0 Å². The van der Waals surface area contributed by atoms with Crippen molar-refractivity contribution in [1.29, 1.82) is 0 Å². The Morgan fingerprint density at radius 2 is 2.29 bits per heavy atom. The maximum atomic E-state index is 12.6. The molecule has 4 heteroatoms. The third-order valence-electron chi connectivity index (χ3n) is 4.56. The highest BCUT2D eigenvalue weighted by atomic mass is 16.2. The van der Waals surface area contributed by atoms with Crippen molar-refractivity contribution in [3.05, 3.63) is 36.0 Å². The van der Waals surface area contributed by atoms with E-state index >= 15 is 0 Å². The van der Waals surface area contributed by atoms with Crippen molar-refractivity contribution >= 4 is 16.8 Å². The van der Waals surface area contributed by atoms with E-state index in [0.717, 1.165) is 42.3 Å². The molecule has 0 aliphatic carbocycles. The first-order valence-corrected chi connectivity index (χ1v) is 7.81. The molecule has 3 rings (SSSR count). The summed E-state index contributed by atoms with van der Waals surface area (Å²) in [7, 11) is 0. The molecule has 0 saturated carbocycles. The topological polar surface area (TPSA) is 62.1 Å². The number of nitrogens with two attached hydrogens (primary N) is 1. The second-order valence-electron chi connectivity index (χ2n) is 5.91. The Morgan fingerprint density at radius 1 is 1.48 bits per heavy atom. The first-order valence-electron chi connectivity index (χ1n) is 7.81. The Bertz CT molecular complexity index is 634. The zero-order chi connectivity index (χ0) is 14.8. The zero-order valence-corrected chi connectivity index (χ0v) is 12.5. The molecule has 1 amide bonds. The maximum Gasteiger partial charge on any atom is 0.240 e. The molecule has 0 spiro atoms. The van der Waals surface area contributed by atoms with Crippen LogP contribution in [0.1, 0.15) is 31.7 Å². The first kappa shape index (κ1) is 14.1. The molecule has 1 saturated heterocycles. The highest BCUT2D eigenvalue weighted by molar-refractivity contribution is 5.86. The molecule has 1 aliphatic heterocycles. The minimum absolute atomic E-state index is 0.102. The van der Waals surface area contributed by atoms with E-state index in [1.165, 1.54) is 0 Å². The summed E-state index contributed by atoms with van der Waals surface area (Å²) in [6, 6.07) is 8.07. The molecule has 1 aliphatic rings. The SMILES string of the molecule is CCC1CCCN1C(=O)C(N)Cc1c[nH]c2ccccc12. The van der Waals surface area contributed by atoms with Crippen molar-refractivity contribution in [1.82, 2.24) is 9.88 Å². The number of rotatable bonds is 4. The minimum Gasteiger partial charge on any atom is -0.361 e. The van der Waals surface area contributed by atoms with Crippen molar-refractivity contribution in [3.8, 4) is 0 Å². The lowest BCUT2D eigenvalue weighted by Gasteiger charge is -2.26. The number of benzene rings is 1. The fraction of sp³-hybridized carbons (Fsp3) is 0.471. The van der Waals surface area contributed by atoms with Gasteiger partial charge in [-0.1, -0.05) is 25.1 Å². The highest BCUT2D eigenvalue weighted by Crippen LogP contribution is 2.23. The second kappa shape index (κ2) is 5.90. The lowest BCUT2D eigenvalue weighted by Crippen LogP contribution is -2.46. The third kappa shape index (κ3) is 2.68. The lowest BCUT2D eigenvalue weighted by atomic mass is 10.0. The number of hydrogen-bond acceptors (Lipinski definition) is 2. The van der Waals surface area contributed by atoms with Crippen molar-refractivity contribution in [2.45, 2.75) is 44.7 Å². The molecule has 0 bridgehead atoms. The standard InChI is InChI=1S/C17H23N3O/c1-2-13-6-5-9-20(13)17(21)15(18)10-12-11-19-16-8-4-3-7-14(12)16/h3-4,7-8,11,13,15,19H,2,5-6,9-10,18H2,1H3. The molecule has 1 aromatic heterocycles. The Labute approximate surface area is 125 Å². The Balaban J connectivity index is 1.74. The van der Waals surface area contributed by atoms with Gasteiger partial charge in [0.2, 0.25) is 5.91 Å². The summed E-state index contributed by atoms with van der Waals surface area (Å²) in [5, 5.41) is 1.16. The summed E-state index contributed by atoms with van der Waals surface area (Å²) >= 11 is 0. The van der Waals surface area contributed by atoms with Gasteiger partial charge in [-0.25, -0.2) is 0 Å².